The summed E-state index contributed by atoms with van der Waals surface area (Å²) in [6, 6.07) is 10.8. The largest absolute Gasteiger partial charge is 0.478 e. The predicted molar refractivity (Wildman–Crippen MR) is 114 cm³/mol. The molecule has 8 heteroatoms. The zero-order chi connectivity index (χ0) is 22.7. The highest BCUT2D eigenvalue weighted by Gasteiger charge is 2.23. The van der Waals surface area contributed by atoms with Crippen LogP contribution in [0.2, 0.25) is 0 Å². The standard InChI is InChI=1S/C23H21N3O5/c1-14(2)22(27)25-9-7-15(8-10-25)17-11-19(21(13-24)20(12-17)23(28)29)16-3-5-18(6-4-16)26(30)31/h3-7,11-12,14H,8-10H2,1-2H3,(H,28,29). The van der Waals surface area contributed by atoms with E-state index >= 15 is 0 Å². The first kappa shape index (κ1) is 21.7. The third-order valence-corrected chi connectivity index (χ3v) is 5.26. The van der Waals surface area contributed by atoms with Gasteiger partial charge in [0.05, 0.1) is 16.1 Å². The maximum absolute atomic E-state index is 12.2. The van der Waals surface area contributed by atoms with Crippen LogP contribution in [-0.4, -0.2) is 39.9 Å². The Labute approximate surface area is 179 Å². The summed E-state index contributed by atoms with van der Waals surface area (Å²) in [4.78, 5) is 36.2. The smallest absolute Gasteiger partial charge is 0.337 e. The average molecular weight is 419 g/mol. The molecule has 1 aliphatic heterocycles. The van der Waals surface area contributed by atoms with Crippen molar-refractivity contribution in [2.45, 2.75) is 20.3 Å². The first-order valence-corrected chi connectivity index (χ1v) is 9.77. The maximum atomic E-state index is 12.2. The molecular formula is C23H21N3O5. The van der Waals surface area contributed by atoms with Gasteiger partial charge in [-0.1, -0.05) is 19.9 Å². The molecule has 0 radical (unpaired) electrons. The minimum Gasteiger partial charge on any atom is -0.478 e. The summed E-state index contributed by atoms with van der Waals surface area (Å²) in [6.45, 7) is 4.65. The van der Waals surface area contributed by atoms with E-state index in [9.17, 15) is 30.1 Å². The number of amides is 1. The second kappa shape index (κ2) is 8.79. The van der Waals surface area contributed by atoms with Gasteiger partial charge in [-0.3, -0.25) is 14.9 Å². The van der Waals surface area contributed by atoms with Crippen molar-refractivity contribution in [3.8, 4) is 17.2 Å². The van der Waals surface area contributed by atoms with Gasteiger partial charge in [0, 0.05) is 36.7 Å². The molecule has 0 atom stereocenters. The number of carboxylic acids is 1. The van der Waals surface area contributed by atoms with Gasteiger partial charge < -0.3 is 10.0 Å². The SMILES string of the molecule is CC(C)C(=O)N1CC=C(c2cc(C(=O)O)c(C#N)c(-c3ccc([N+](=O)[O-])cc3)c2)CC1. The van der Waals surface area contributed by atoms with Gasteiger partial charge in [-0.2, -0.15) is 5.26 Å². The summed E-state index contributed by atoms with van der Waals surface area (Å²) >= 11 is 0. The molecule has 1 aliphatic rings. The number of nitro benzene ring substituents is 1. The number of carboxylic acid groups (broad SMARTS) is 1. The van der Waals surface area contributed by atoms with Crippen LogP contribution < -0.4 is 0 Å². The minimum atomic E-state index is -1.23. The number of hydrogen-bond donors (Lipinski definition) is 1. The van der Waals surface area contributed by atoms with Gasteiger partial charge in [0.1, 0.15) is 6.07 Å². The first-order valence-electron chi connectivity index (χ1n) is 9.77. The number of nitrogens with zero attached hydrogens (tertiary/aromatic N) is 3. The lowest BCUT2D eigenvalue weighted by Crippen LogP contribution is -2.37. The molecular weight excluding hydrogens is 398 g/mol. The van der Waals surface area contributed by atoms with E-state index in [1.807, 2.05) is 26.0 Å². The molecule has 158 valence electrons. The Kier molecular flexibility index (Phi) is 6.16. The Bertz CT molecular complexity index is 1130. The topological polar surface area (TPSA) is 125 Å². The van der Waals surface area contributed by atoms with Crippen LogP contribution in [0.15, 0.2) is 42.5 Å². The van der Waals surface area contributed by atoms with Crippen LogP contribution in [-0.2, 0) is 4.79 Å². The number of non-ortho nitro benzene ring substituents is 1. The number of aromatic carboxylic acids is 1. The van der Waals surface area contributed by atoms with Gasteiger partial charge in [0.25, 0.3) is 5.69 Å². The zero-order valence-corrected chi connectivity index (χ0v) is 17.2. The monoisotopic (exact) mass is 419 g/mol. The quantitative estimate of drug-likeness (QED) is 0.574. The highest BCUT2D eigenvalue weighted by Crippen LogP contribution is 2.33. The number of nitriles is 1. The van der Waals surface area contributed by atoms with Crippen molar-refractivity contribution in [3.63, 3.8) is 0 Å². The Morgan fingerprint density at radius 2 is 1.87 bits per heavy atom. The lowest BCUT2D eigenvalue weighted by Gasteiger charge is -2.28. The van der Waals surface area contributed by atoms with Crippen LogP contribution in [0.25, 0.3) is 16.7 Å². The number of carbonyl (C=O) groups is 2. The van der Waals surface area contributed by atoms with E-state index < -0.39 is 10.9 Å². The molecule has 1 heterocycles. The Morgan fingerprint density at radius 1 is 1.19 bits per heavy atom. The molecule has 0 saturated heterocycles. The second-order valence-electron chi connectivity index (χ2n) is 7.59. The molecule has 31 heavy (non-hydrogen) atoms. The molecule has 0 unspecified atom stereocenters. The second-order valence-corrected chi connectivity index (χ2v) is 7.59. The van der Waals surface area contributed by atoms with Gasteiger partial charge >= 0.3 is 5.97 Å². The van der Waals surface area contributed by atoms with E-state index in [1.165, 1.54) is 30.3 Å². The summed E-state index contributed by atoms with van der Waals surface area (Å²) in [7, 11) is 0. The molecule has 0 bridgehead atoms. The number of rotatable bonds is 5. The summed E-state index contributed by atoms with van der Waals surface area (Å²) < 4.78 is 0. The summed E-state index contributed by atoms with van der Waals surface area (Å²) in [5.74, 6) is -1.26. The van der Waals surface area contributed by atoms with Crippen LogP contribution >= 0.6 is 0 Å². The van der Waals surface area contributed by atoms with E-state index in [0.717, 1.165) is 5.57 Å². The number of nitro groups is 1. The molecule has 0 aliphatic carbocycles. The average Bonchev–Trinajstić information content (AvgIpc) is 2.77. The third-order valence-electron chi connectivity index (χ3n) is 5.26. The van der Waals surface area contributed by atoms with Crippen LogP contribution in [0.5, 0.6) is 0 Å². The molecule has 0 fully saturated rings. The van der Waals surface area contributed by atoms with E-state index in [2.05, 4.69) is 0 Å². The number of carbonyl (C=O) groups excluding carboxylic acids is 1. The van der Waals surface area contributed by atoms with Crippen molar-refractivity contribution >= 4 is 23.1 Å². The van der Waals surface area contributed by atoms with Crippen molar-refractivity contribution < 1.29 is 19.6 Å². The van der Waals surface area contributed by atoms with Gasteiger partial charge in [0.15, 0.2) is 0 Å². The van der Waals surface area contributed by atoms with E-state index in [1.54, 1.807) is 11.0 Å². The van der Waals surface area contributed by atoms with Gasteiger partial charge in [0.2, 0.25) is 5.91 Å². The van der Waals surface area contributed by atoms with E-state index in [4.69, 9.17) is 0 Å². The fourth-order valence-electron chi connectivity index (χ4n) is 3.60. The fourth-order valence-corrected chi connectivity index (χ4v) is 3.60. The van der Waals surface area contributed by atoms with E-state index in [-0.39, 0.29) is 28.6 Å². The van der Waals surface area contributed by atoms with Crippen LogP contribution in [0.3, 0.4) is 0 Å². The summed E-state index contributed by atoms with van der Waals surface area (Å²) in [6.07, 6.45) is 2.46. The molecule has 2 aromatic carbocycles. The molecule has 2 aromatic rings. The summed E-state index contributed by atoms with van der Waals surface area (Å²) in [5.41, 5.74) is 2.23. The molecule has 1 amide bonds. The predicted octanol–water partition coefficient (Wildman–Crippen LogP) is 4.10. The summed E-state index contributed by atoms with van der Waals surface area (Å²) in [5, 5.41) is 30.2. The minimum absolute atomic E-state index is 0.00174. The number of benzene rings is 2. The lowest BCUT2D eigenvalue weighted by molar-refractivity contribution is -0.384. The molecule has 0 aromatic heterocycles. The fraction of sp³-hybridized carbons (Fsp3) is 0.261. The highest BCUT2D eigenvalue weighted by molar-refractivity contribution is 5.96. The molecule has 1 N–H and O–H groups in total. The van der Waals surface area contributed by atoms with Crippen LogP contribution in [0.4, 0.5) is 5.69 Å². The Hall–Kier alpha value is -3.99. The lowest BCUT2D eigenvalue weighted by atomic mass is 9.89. The van der Waals surface area contributed by atoms with Gasteiger partial charge in [-0.05, 0) is 47.4 Å². The Morgan fingerprint density at radius 3 is 2.35 bits per heavy atom. The third kappa shape index (κ3) is 4.46. The molecule has 3 rings (SSSR count). The molecule has 0 saturated carbocycles. The normalized spacial score (nSPS) is 13.5. The van der Waals surface area contributed by atoms with Crippen LogP contribution in [0, 0.1) is 27.4 Å². The zero-order valence-electron chi connectivity index (χ0n) is 17.2. The van der Waals surface area contributed by atoms with Crippen molar-refractivity contribution in [1.82, 2.24) is 4.90 Å². The van der Waals surface area contributed by atoms with Crippen molar-refractivity contribution in [2.75, 3.05) is 13.1 Å². The van der Waals surface area contributed by atoms with Gasteiger partial charge in [-0.15, -0.1) is 0 Å². The maximum Gasteiger partial charge on any atom is 0.337 e. The van der Waals surface area contributed by atoms with Crippen molar-refractivity contribution in [3.05, 3.63) is 69.3 Å². The first-order chi connectivity index (χ1) is 14.7. The van der Waals surface area contributed by atoms with Crippen molar-refractivity contribution in [1.29, 1.82) is 5.26 Å². The Balaban J connectivity index is 2.07. The van der Waals surface area contributed by atoms with Crippen molar-refractivity contribution in [2.24, 2.45) is 5.92 Å². The molecule has 0 spiro atoms. The number of hydrogen-bond acceptors (Lipinski definition) is 5. The highest BCUT2D eigenvalue weighted by atomic mass is 16.6. The van der Waals surface area contributed by atoms with Crippen LogP contribution in [0.1, 0.15) is 41.8 Å². The van der Waals surface area contributed by atoms with E-state index in [0.29, 0.717) is 36.2 Å². The van der Waals surface area contributed by atoms with Gasteiger partial charge in [-0.25, -0.2) is 4.79 Å². The molecule has 8 nitrogen and oxygen atoms in total.